The number of nitriles is 1. The lowest BCUT2D eigenvalue weighted by Gasteiger charge is -2.19. The molecule has 0 aliphatic carbocycles. The summed E-state index contributed by atoms with van der Waals surface area (Å²) in [4.78, 5) is 0. The van der Waals surface area contributed by atoms with Crippen LogP contribution in [0.4, 0.5) is 8.78 Å². The summed E-state index contributed by atoms with van der Waals surface area (Å²) in [6.45, 7) is 0. The maximum Gasteiger partial charge on any atom is 0.134 e. The van der Waals surface area contributed by atoms with E-state index in [1.165, 1.54) is 18.2 Å². The summed E-state index contributed by atoms with van der Waals surface area (Å²) in [5, 5.41) is 15.2. The minimum atomic E-state index is -0.701. The first kappa shape index (κ1) is 38.8. The van der Waals surface area contributed by atoms with Crippen molar-refractivity contribution >= 4 is 43.6 Å². The number of halogens is 2. The minimum absolute atomic E-state index is 0.173. The Bertz CT molecular complexity index is 3670. The van der Waals surface area contributed by atoms with Crippen molar-refractivity contribution in [3.63, 3.8) is 0 Å². The van der Waals surface area contributed by atoms with Crippen LogP contribution in [0.5, 0.6) is 0 Å². The molecule has 3 nitrogen and oxygen atoms in total. The van der Waals surface area contributed by atoms with Gasteiger partial charge in [-0.1, -0.05) is 152 Å². The Morgan fingerprint density at radius 2 is 0.652 bits per heavy atom. The zero-order valence-electron chi connectivity index (χ0n) is 35.5. The molecule has 0 fully saturated rings. The molecule has 2 aromatic heterocycles. The average molecular weight is 850 g/mol. The first-order chi connectivity index (χ1) is 32.5. The van der Waals surface area contributed by atoms with Crippen LogP contribution < -0.4 is 0 Å². The first-order valence-corrected chi connectivity index (χ1v) is 21.9. The number of hydrogen-bond donors (Lipinski definition) is 0. The molecule has 0 unspecified atom stereocenters. The van der Waals surface area contributed by atoms with E-state index in [0.29, 0.717) is 22.5 Å². The zero-order chi connectivity index (χ0) is 44.3. The molecule has 5 heteroatoms. The monoisotopic (exact) mass is 849 g/mol. The van der Waals surface area contributed by atoms with Gasteiger partial charge in [-0.3, -0.25) is 0 Å². The molecule has 66 heavy (non-hydrogen) atoms. The summed E-state index contributed by atoms with van der Waals surface area (Å²) in [7, 11) is 0. The summed E-state index contributed by atoms with van der Waals surface area (Å²) in [6, 6.07) is 76.5. The highest BCUT2D eigenvalue weighted by Crippen LogP contribution is 2.44. The van der Waals surface area contributed by atoms with Crippen LogP contribution in [0, 0.1) is 23.0 Å². The molecule has 310 valence electrons. The molecule has 0 bridgehead atoms. The molecule has 0 radical (unpaired) electrons. The fourth-order valence-corrected chi connectivity index (χ4v) is 9.80. The number of fused-ring (bicyclic) bond motifs is 6. The van der Waals surface area contributed by atoms with Crippen LogP contribution in [0.2, 0.25) is 0 Å². The van der Waals surface area contributed by atoms with Crippen molar-refractivity contribution in [1.29, 1.82) is 5.26 Å². The number of aromatic nitrogens is 2. The number of hydrogen-bond acceptors (Lipinski definition) is 1. The van der Waals surface area contributed by atoms with Gasteiger partial charge in [0, 0.05) is 27.1 Å². The van der Waals surface area contributed by atoms with E-state index in [4.69, 9.17) is 0 Å². The summed E-state index contributed by atoms with van der Waals surface area (Å²) in [5.41, 5.74) is 13.4. The molecule has 0 N–H and O–H groups in total. The second-order valence-corrected chi connectivity index (χ2v) is 16.7. The fourth-order valence-electron chi connectivity index (χ4n) is 9.80. The summed E-state index contributed by atoms with van der Waals surface area (Å²) < 4.78 is 37.2. The standard InChI is InChI=1S/C61H37F2N3/c62-53-22-13-23-54(63)61(53)52-37-59(65-55-28-24-43(39-14-5-1-6-15-39)32-48(55)49-33-44(25-29-56(49)65)40-16-7-2-8-17-40)47(38-64)36-60(52)66-57-30-26-45(41-18-9-3-10-19-41)34-50(57)51-35-46(27-31-58(51)66)42-20-11-4-12-21-42/h1-37H. The molecule has 2 heterocycles. The maximum absolute atomic E-state index is 16.5. The quantitative estimate of drug-likeness (QED) is 0.157. The zero-order valence-corrected chi connectivity index (χ0v) is 35.5. The second kappa shape index (κ2) is 15.7. The van der Waals surface area contributed by atoms with E-state index in [2.05, 4.69) is 137 Å². The Morgan fingerprint density at radius 3 is 0.985 bits per heavy atom. The minimum Gasteiger partial charge on any atom is -0.309 e. The van der Waals surface area contributed by atoms with Gasteiger partial charge in [-0.05, 0) is 117 Å². The number of nitrogens with zero attached hydrogens (tertiary/aromatic N) is 3. The van der Waals surface area contributed by atoms with Gasteiger partial charge in [-0.15, -0.1) is 0 Å². The van der Waals surface area contributed by atoms with Crippen molar-refractivity contribution in [1.82, 2.24) is 9.13 Å². The maximum atomic E-state index is 16.5. The van der Waals surface area contributed by atoms with Crippen molar-refractivity contribution in [3.05, 3.63) is 242 Å². The molecule has 12 rings (SSSR count). The molecule has 0 atom stereocenters. The van der Waals surface area contributed by atoms with Gasteiger partial charge in [-0.2, -0.15) is 5.26 Å². The van der Waals surface area contributed by atoms with Crippen molar-refractivity contribution in [2.24, 2.45) is 0 Å². The summed E-state index contributed by atoms with van der Waals surface area (Å²) >= 11 is 0. The molecule has 12 aromatic rings. The van der Waals surface area contributed by atoms with Crippen LogP contribution in [0.15, 0.2) is 224 Å². The SMILES string of the molecule is N#Cc1cc(-n2c3ccc(-c4ccccc4)cc3c3cc(-c4ccccc4)ccc32)c(-c2c(F)cccc2F)cc1-n1c2ccc(-c3ccccc3)cc2c2cc(-c3ccccc3)ccc21. The van der Waals surface area contributed by atoms with Crippen LogP contribution in [-0.2, 0) is 0 Å². The molecule has 0 saturated heterocycles. The van der Waals surface area contributed by atoms with Gasteiger partial charge in [0.15, 0.2) is 0 Å². The van der Waals surface area contributed by atoms with Crippen LogP contribution in [0.25, 0.3) is 111 Å². The van der Waals surface area contributed by atoms with E-state index >= 15 is 8.78 Å². The van der Waals surface area contributed by atoms with Gasteiger partial charge in [-0.25, -0.2) is 8.78 Å². The van der Waals surface area contributed by atoms with Crippen molar-refractivity contribution < 1.29 is 8.78 Å². The lowest BCUT2D eigenvalue weighted by molar-refractivity contribution is 0.589. The van der Waals surface area contributed by atoms with Crippen molar-refractivity contribution in [2.45, 2.75) is 0 Å². The predicted octanol–water partition coefficient (Wildman–Crippen LogP) is 16.4. The Morgan fingerprint density at radius 1 is 0.318 bits per heavy atom. The topological polar surface area (TPSA) is 33.6 Å². The van der Waals surface area contributed by atoms with Crippen LogP contribution in [0.3, 0.4) is 0 Å². The highest BCUT2D eigenvalue weighted by Gasteiger charge is 2.25. The summed E-state index contributed by atoms with van der Waals surface area (Å²) in [6.07, 6.45) is 0. The Labute approximate surface area is 379 Å². The van der Waals surface area contributed by atoms with E-state index in [0.717, 1.165) is 88.1 Å². The highest BCUT2D eigenvalue weighted by molar-refractivity contribution is 6.14. The normalized spacial score (nSPS) is 11.5. The Kier molecular flexibility index (Phi) is 9.25. The number of benzene rings is 10. The highest BCUT2D eigenvalue weighted by atomic mass is 19.1. The molecular formula is C61H37F2N3. The summed E-state index contributed by atoms with van der Waals surface area (Å²) in [5.74, 6) is -1.40. The third-order valence-corrected chi connectivity index (χ3v) is 12.9. The largest absolute Gasteiger partial charge is 0.309 e. The van der Waals surface area contributed by atoms with Crippen LogP contribution in [0.1, 0.15) is 5.56 Å². The molecule has 0 aliphatic rings. The third-order valence-electron chi connectivity index (χ3n) is 12.9. The first-order valence-electron chi connectivity index (χ1n) is 21.9. The molecular weight excluding hydrogens is 813 g/mol. The van der Waals surface area contributed by atoms with Gasteiger partial charge in [0.25, 0.3) is 0 Å². The van der Waals surface area contributed by atoms with E-state index < -0.39 is 11.6 Å². The molecule has 0 saturated carbocycles. The van der Waals surface area contributed by atoms with E-state index in [1.54, 1.807) is 12.1 Å². The van der Waals surface area contributed by atoms with Crippen LogP contribution in [-0.4, -0.2) is 9.13 Å². The van der Waals surface area contributed by atoms with E-state index in [9.17, 15) is 5.26 Å². The van der Waals surface area contributed by atoms with Gasteiger partial charge in [0.05, 0.1) is 44.6 Å². The lowest BCUT2D eigenvalue weighted by Crippen LogP contribution is -2.05. The number of rotatable bonds is 7. The lowest BCUT2D eigenvalue weighted by atomic mass is 9.98. The van der Waals surface area contributed by atoms with Gasteiger partial charge in [0.1, 0.15) is 17.7 Å². The van der Waals surface area contributed by atoms with E-state index in [-0.39, 0.29) is 5.56 Å². The molecule has 0 amide bonds. The van der Waals surface area contributed by atoms with Gasteiger partial charge >= 0.3 is 0 Å². The van der Waals surface area contributed by atoms with Crippen LogP contribution >= 0.6 is 0 Å². The van der Waals surface area contributed by atoms with Gasteiger partial charge in [0.2, 0.25) is 0 Å². The second-order valence-electron chi connectivity index (χ2n) is 16.7. The molecule has 0 aliphatic heterocycles. The average Bonchev–Trinajstić information content (AvgIpc) is 3.88. The van der Waals surface area contributed by atoms with Crippen molar-refractivity contribution in [3.8, 4) is 73.1 Å². The fraction of sp³-hybridized carbons (Fsp3) is 0. The third kappa shape index (κ3) is 6.38. The Hall–Kier alpha value is -8.85. The van der Waals surface area contributed by atoms with Gasteiger partial charge < -0.3 is 9.13 Å². The molecule has 0 spiro atoms. The van der Waals surface area contributed by atoms with Crippen molar-refractivity contribution in [2.75, 3.05) is 0 Å². The molecule has 10 aromatic carbocycles. The predicted molar refractivity (Wildman–Crippen MR) is 267 cm³/mol. The van der Waals surface area contributed by atoms with E-state index in [1.807, 2.05) is 72.8 Å². The smallest absolute Gasteiger partial charge is 0.134 e. The Balaban J connectivity index is 1.17.